The van der Waals surface area contributed by atoms with Crippen LogP contribution in [0.15, 0.2) is 36.4 Å². The van der Waals surface area contributed by atoms with Gasteiger partial charge in [-0.1, -0.05) is 18.2 Å². The maximum atomic E-state index is 9.03. The summed E-state index contributed by atoms with van der Waals surface area (Å²) in [6.45, 7) is 1.76. The van der Waals surface area contributed by atoms with Crippen molar-refractivity contribution in [2.45, 2.75) is 6.92 Å². The normalized spacial score (nSPS) is 10.5. The summed E-state index contributed by atoms with van der Waals surface area (Å²) in [6.07, 6.45) is 0. The van der Waals surface area contributed by atoms with Crippen LogP contribution in [0.2, 0.25) is 0 Å². The number of anilines is 1. The third-order valence-corrected chi connectivity index (χ3v) is 3.01. The van der Waals surface area contributed by atoms with Crippen molar-refractivity contribution in [1.29, 1.82) is 5.26 Å². The fourth-order valence-electron chi connectivity index (χ4n) is 2.03. The Bertz CT molecular complexity index is 810. The number of nitrogens with zero attached hydrogens (tertiary/aromatic N) is 4. The van der Waals surface area contributed by atoms with Crippen LogP contribution in [0, 0.1) is 18.3 Å². The molecule has 0 aliphatic rings. The van der Waals surface area contributed by atoms with Crippen LogP contribution in [0.3, 0.4) is 0 Å². The minimum atomic E-state index is 0.322. The zero-order chi connectivity index (χ0) is 13.4. The number of fused-ring (bicyclic) bond motifs is 1. The van der Waals surface area contributed by atoms with Gasteiger partial charge >= 0.3 is 0 Å². The van der Waals surface area contributed by atoms with E-state index in [1.54, 1.807) is 6.92 Å². The van der Waals surface area contributed by atoms with Crippen LogP contribution in [-0.2, 0) is 0 Å². The fraction of sp³-hybridized carbons (Fsp3) is 0.0714. The second-order valence-electron chi connectivity index (χ2n) is 4.23. The Morgan fingerprint density at radius 3 is 2.74 bits per heavy atom. The minimum absolute atomic E-state index is 0.322. The molecule has 0 fully saturated rings. The van der Waals surface area contributed by atoms with Gasteiger partial charge in [0, 0.05) is 5.39 Å². The number of hydrogen-bond acceptors (Lipinski definition) is 4. The van der Waals surface area contributed by atoms with Crippen LogP contribution >= 0.6 is 0 Å². The average Bonchev–Trinajstić information content (AvgIpc) is 2.73. The summed E-state index contributed by atoms with van der Waals surface area (Å²) < 4.78 is 1.50. The molecule has 0 radical (unpaired) electrons. The van der Waals surface area contributed by atoms with Gasteiger partial charge in [0.2, 0.25) is 0 Å². The van der Waals surface area contributed by atoms with Crippen LogP contribution in [0.25, 0.3) is 16.7 Å². The second-order valence-corrected chi connectivity index (χ2v) is 4.23. The highest BCUT2D eigenvalue weighted by Gasteiger charge is 2.14. The molecule has 0 atom stereocenters. The van der Waals surface area contributed by atoms with E-state index in [1.807, 2.05) is 36.4 Å². The molecular weight excluding hydrogens is 238 g/mol. The first-order chi connectivity index (χ1) is 9.20. The fourth-order valence-corrected chi connectivity index (χ4v) is 2.03. The molecule has 2 N–H and O–H groups in total. The van der Waals surface area contributed by atoms with Crippen molar-refractivity contribution in [1.82, 2.24) is 14.8 Å². The standard InChI is InChI=1S/C14H11N5/c1-9-11(8-15)14(16)19(18-9)13-7-6-10-4-2-3-5-12(10)17-13/h2-7H,16H2,1H3. The number of nitrogen functional groups attached to an aromatic ring is 1. The first-order valence-corrected chi connectivity index (χ1v) is 5.82. The Labute approximate surface area is 109 Å². The van der Waals surface area contributed by atoms with Gasteiger partial charge in [0.25, 0.3) is 0 Å². The SMILES string of the molecule is Cc1nn(-c2ccc3ccccc3n2)c(N)c1C#N. The van der Waals surface area contributed by atoms with Crippen LogP contribution in [-0.4, -0.2) is 14.8 Å². The number of pyridine rings is 1. The molecule has 0 aliphatic carbocycles. The van der Waals surface area contributed by atoms with Gasteiger partial charge in [-0.25, -0.2) is 4.98 Å². The van der Waals surface area contributed by atoms with Crippen molar-refractivity contribution in [3.05, 3.63) is 47.7 Å². The van der Waals surface area contributed by atoms with Gasteiger partial charge in [-0.15, -0.1) is 0 Å². The van der Waals surface area contributed by atoms with Crippen LogP contribution in [0.1, 0.15) is 11.3 Å². The summed E-state index contributed by atoms with van der Waals surface area (Å²) in [6, 6.07) is 13.7. The Kier molecular flexibility index (Phi) is 2.43. The molecule has 2 aromatic heterocycles. The molecule has 5 nitrogen and oxygen atoms in total. The number of aromatic nitrogens is 3. The van der Waals surface area contributed by atoms with Crippen molar-refractivity contribution in [2.75, 3.05) is 5.73 Å². The molecule has 0 saturated heterocycles. The molecule has 0 aliphatic heterocycles. The van der Waals surface area contributed by atoms with Gasteiger partial charge in [0.1, 0.15) is 17.5 Å². The molecular formula is C14H11N5. The summed E-state index contributed by atoms with van der Waals surface area (Å²) in [5.41, 5.74) is 7.80. The summed E-state index contributed by atoms with van der Waals surface area (Å²) in [4.78, 5) is 4.51. The van der Waals surface area contributed by atoms with E-state index in [4.69, 9.17) is 11.0 Å². The molecule has 92 valence electrons. The lowest BCUT2D eigenvalue weighted by molar-refractivity contribution is 0.847. The van der Waals surface area contributed by atoms with Gasteiger partial charge in [-0.2, -0.15) is 15.0 Å². The molecule has 2 heterocycles. The largest absolute Gasteiger partial charge is 0.382 e. The number of benzene rings is 1. The molecule has 0 unspecified atom stereocenters. The zero-order valence-electron chi connectivity index (χ0n) is 10.3. The average molecular weight is 249 g/mol. The van der Waals surface area contributed by atoms with Gasteiger partial charge in [-0.3, -0.25) is 0 Å². The Morgan fingerprint density at radius 2 is 2.00 bits per heavy atom. The Morgan fingerprint density at radius 1 is 1.21 bits per heavy atom. The van der Waals surface area contributed by atoms with Gasteiger partial charge < -0.3 is 5.73 Å². The number of hydrogen-bond donors (Lipinski definition) is 1. The third-order valence-electron chi connectivity index (χ3n) is 3.01. The lowest BCUT2D eigenvalue weighted by atomic mass is 10.2. The molecule has 19 heavy (non-hydrogen) atoms. The maximum Gasteiger partial charge on any atom is 0.156 e. The molecule has 5 heteroatoms. The third kappa shape index (κ3) is 1.70. The second kappa shape index (κ2) is 4.10. The van der Waals surface area contributed by atoms with Gasteiger partial charge in [0.05, 0.1) is 11.2 Å². The first-order valence-electron chi connectivity index (χ1n) is 5.82. The molecule has 0 spiro atoms. The highest BCUT2D eigenvalue weighted by Crippen LogP contribution is 2.20. The molecule has 0 bridgehead atoms. The van der Waals surface area contributed by atoms with Crippen molar-refractivity contribution in [2.24, 2.45) is 0 Å². The monoisotopic (exact) mass is 249 g/mol. The maximum absolute atomic E-state index is 9.03. The lowest BCUT2D eigenvalue weighted by Crippen LogP contribution is -2.04. The van der Waals surface area contributed by atoms with Crippen molar-refractivity contribution >= 4 is 16.7 Å². The highest BCUT2D eigenvalue weighted by atomic mass is 15.3. The number of nitriles is 1. The van der Waals surface area contributed by atoms with Crippen LogP contribution in [0.5, 0.6) is 0 Å². The van der Waals surface area contributed by atoms with Gasteiger partial charge in [-0.05, 0) is 25.1 Å². The van der Waals surface area contributed by atoms with E-state index in [2.05, 4.69) is 16.2 Å². The van der Waals surface area contributed by atoms with E-state index in [-0.39, 0.29) is 0 Å². The summed E-state index contributed by atoms with van der Waals surface area (Å²) in [5, 5.41) is 14.3. The molecule has 1 aromatic carbocycles. The minimum Gasteiger partial charge on any atom is -0.382 e. The molecule has 3 rings (SSSR count). The predicted molar refractivity (Wildman–Crippen MR) is 72.7 cm³/mol. The molecule has 3 aromatic rings. The number of aryl methyl sites for hydroxylation is 1. The Balaban J connectivity index is 2.22. The Hall–Kier alpha value is -2.87. The predicted octanol–water partition coefficient (Wildman–Crippen LogP) is 2.18. The van der Waals surface area contributed by atoms with Crippen molar-refractivity contribution < 1.29 is 0 Å². The topological polar surface area (TPSA) is 80.5 Å². The summed E-state index contributed by atoms with van der Waals surface area (Å²) in [7, 11) is 0. The van der Waals surface area contributed by atoms with E-state index < -0.39 is 0 Å². The van der Waals surface area contributed by atoms with Crippen molar-refractivity contribution in [3.63, 3.8) is 0 Å². The first kappa shape index (κ1) is 11.2. The van der Waals surface area contributed by atoms with E-state index in [9.17, 15) is 0 Å². The van der Waals surface area contributed by atoms with E-state index in [1.165, 1.54) is 4.68 Å². The van der Waals surface area contributed by atoms with E-state index in [0.717, 1.165) is 10.9 Å². The smallest absolute Gasteiger partial charge is 0.156 e. The van der Waals surface area contributed by atoms with Gasteiger partial charge in [0.15, 0.2) is 5.82 Å². The summed E-state index contributed by atoms with van der Waals surface area (Å²) >= 11 is 0. The highest BCUT2D eigenvalue weighted by molar-refractivity contribution is 5.79. The molecule has 0 amide bonds. The quantitative estimate of drug-likeness (QED) is 0.716. The van der Waals surface area contributed by atoms with Crippen LogP contribution < -0.4 is 5.73 Å². The summed E-state index contributed by atoms with van der Waals surface area (Å²) in [5.74, 6) is 0.934. The number of nitrogens with two attached hydrogens (primary N) is 1. The lowest BCUT2D eigenvalue weighted by Gasteiger charge is -2.04. The zero-order valence-corrected chi connectivity index (χ0v) is 10.3. The number of rotatable bonds is 1. The van der Waals surface area contributed by atoms with Crippen LogP contribution in [0.4, 0.5) is 5.82 Å². The molecule has 0 saturated carbocycles. The number of para-hydroxylation sites is 1. The van der Waals surface area contributed by atoms with E-state index in [0.29, 0.717) is 22.9 Å². The van der Waals surface area contributed by atoms with E-state index >= 15 is 0 Å². The van der Waals surface area contributed by atoms with Crippen molar-refractivity contribution in [3.8, 4) is 11.9 Å².